The van der Waals surface area contributed by atoms with E-state index in [1.807, 2.05) is 24.3 Å². The summed E-state index contributed by atoms with van der Waals surface area (Å²) in [6.45, 7) is 4.85. The van der Waals surface area contributed by atoms with Crippen molar-refractivity contribution in [2.45, 2.75) is 25.9 Å². The Balaban J connectivity index is 2.01. The number of carboxylic acids is 1. The van der Waals surface area contributed by atoms with Crippen LogP contribution in [0, 0.1) is 0 Å². The fraction of sp³-hybridized carbons (Fsp3) is 0.467. The van der Waals surface area contributed by atoms with E-state index < -0.39 is 12.1 Å². The Hall–Kier alpha value is -2.08. The molecule has 0 spiro atoms. The summed E-state index contributed by atoms with van der Waals surface area (Å²) < 4.78 is 5.10. The lowest BCUT2D eigenvalue weighted by Gasteiger charge is -2.30. The van der Waals surface area contributed by atoms with Crippen molar-refractivity contribution < 1.29 is 19.4 Å². The molecule has 1 heterocycles. The van der Waals surface area contributed by atoms with Gasteiger partial charge in [-0.1, -0.05) is 26.0 Å². The Morgan fingerprint density at radius 2 is 2.19 bits per heavy atom. The van der Waals surface area contributed by atoms with E-state index in [9.17, 15) is 9.59 Å². The first kappa shape index (κ1) is 15.3. The molecule has 2 rings (SSSR count). The number of morpholine rings is 1. The molecule has 0 bridgehead atoms. The minimum absolute atomic E-state index is 0.0606. The Bertz CT molecular complexity index is 530. The van der Waals surface area contributed by atoms with E-state index >= 15 is 0 Å². The number of carbonyl (C=O) groups is 2. The van der Waals surface area contributed by atoms with Gasteiger partial charge < -0.3 is 20.1 Å². The smallest absolute Gasteiger partial charge is 0.334 e. The highest BCUT2D eigenvalue weighted by Gasteiger charge is 2.28. The minimum Gasteiger partial charge on any atom is -0.479 e. The molecule has 6 heteroatoms. The molecule has 1 atom stereocenters. The van der Waals surface area contributed by atoms with Gasteiger partial charge in [0, 0.05) is 12.2 Å². The molecule has 21 heavy (non-hydrogen) atoms. The lowest BCUT2D eigenvalue weighted by molar-refractivity contribution is -0.154. The number of carboxylic acid groups (broad SMARTS) is 1. The average Bonchev–Trinajstić information content (AvgIpc) is 2.47. The number of carbonyl (C=O) groups excluding carboxylic acids is 1. The van der Waals surface area contributed by atoms with Crippen LogP contribution in [0.1, 0.15) is 25.3 Å². The molecule has 1 aliphatic heterocycles. The third-order valence-electron chi connectivity index (χ3n) is 3.43. The van der Waals surface area contributed by atoms with Crippen LogP contribution in [0.3, 0.4) is 0 Å². The molecular formula is C15H20N2O4. The zero-order valence-corrected chi connectivity index (χ0v) is 12.2. The van der Waals surface area contributed by atoms with Crippen LogP contribution in [0.25, 0.3) is 0 Å². The fourth-order valence-corrected chi connectivity index (χ4v) is 2.16. The first-order valence-corrected chi connectivity index (χ1v) is 6.97. The van der Waals surface area contributed by atoms with Gasteiger partial charge >= 0.3 is 12.0 Å². The number of nitrogens with one attached hydrogen (secondary N) is 1. The van der Waals surface area contributed by atoms with Gasteiger partial charge in [-0.05, 0) is 23.6 Å². The summed E-state index contributed by atoms with van der Waals surface area (Å²) in [5.41, 5.74) is 1.85. The van der Waals surface area contributed by atoms with Crippen LogP contribution in [0.5, 0.6) is 0 Å². The predicted molar refractivity (Wildman–Crippen MR) is 78.5 cm³/mol. The predicted octanol–water partition coefficient (Wildman–Crippen LogP) is 2.13. The van der Waals surface area contributed by atoms with E-state index in [1.165, 1.54) is 4.90 Å². The topological polar surface area (TPSA) is 78.9 Å². The zero-order chi connectivity index (χ0) is 15.4. The second kappa shape index (κ2) is 6.58. The summed E-state index contributed by atoms with van der Waals surface area (Å²) in [5, 5.41) is 11.7. The van der Waals surface area contributed by atoms with Crippen LogP contribution in [-0.2, 0) is 9.53 Å². The van der Waals surface area contributed by atoms with Gasteiger partial charge in [-0.15, -0.1) is 0 Å². The Kier molecular flexibility index (Phi) is 4.80. The number of hydrogen-bond donors (Lipinski definition) is 2. The van der Waals surface area contributed by atoms with Gasteiger partial charge in [-0.2, -0.15) is 0 Å². The molecule has 2 N–H and O–H groups in total. The van der Waals surface area contributed by atoms with Crippen LogP contribution in [0.15, 0.2) is 24.3 Å². The van der Waals surface area contributed by atoms with Gasteiger partial charge in [-0.3, -0.25) is 0 Å². The first-order valence-electron chi connectivity index (χ1n) is 6.97. The lowest BCUT2D eigenvalue weighted by atomic mass is 10.0. The normalized spacial score (nSPS) is 18.6. The molecule has 0 saturated carbocycles. The molecule has 1 aromatic carbocycles. The van der Waals surface area contributed by atoms with Gasteiger partial charge in [0.25, 0.3) is 0 Å². The Morgan fingerprint density at radius 3 is 2.86 bits per heavy atom. The molecule has 0 aromatic heterocycles. The number of hydrogen-bond acceptors (Lipinski definition) is 3. The lowest BCUT2D eigenvalue weighted by Crippen LogP contribution is -2.49. The van der Waals surface area contributed by atoms with Crippen LogP contribution >= 0.6 is 0 Å². The molecule has 0 radical (unpaired) electrons. The molecule has 6 nitrogen and oxygen atoms in total. The number of anilines is 1. The average molecular weight is 292 g/mol. The van der Waals surface area contributed by atoms with Crippen LogP contribution in [0.4, 0.5) is 10.5 Å². The van der Waals surface area contributed by atoms with Crippen molar-refractivity contribution in [3.63, 3.8) is 0 Å². The second-order valence-corrected chi connectivity index (χ2v) is 5.35. The largest absolute Gasteiger partial charge is 0.479 e. The van der Waals surface area contributed by atoms with Crippen molar-refractivity contribution in [2.24, 2.45) is 0 Å². The fourth-order valence-electron chi connectivity index (χ4n) is 2.16. The van der Waals surface area contributed by atoms with Gasteiger partial charge in [-0.25, -0.2) is 9.59 Å². The van der Waals surface area contributed by atoms with Gasteiger partial charge in [0.15, 0.2) is 6.10 Å². The van der Waals surface area contributed by atoms with Gasteiger partial charge in [0.1, 0.15) is 0 Å². The maximum atomic E-state index is 12.2. The standard InChI is InChI=1S/C15H20N2O4/c1-10(2)11-4-3-5-12(8-11)16-15(20)17-6-7-21-13(9-17)14(18)19/h3-5,8,10,13H,6-7,9H2,1-2H3,(H,16,20)(H,18,19). The van der Waals surface area contributed by atoms with E-state index in [0.717, 1.165) is 5.56 Å². The molecule has 1 aliphatic rings. The Labute approximate surface area is 123 Å². The molecule has 1 fully saturated rings. The van der Waals surface area contributed by atoms with Crippen LogP contribution in [-0.4, -0.2) is 47.8 Å². The number of ether oxygens (including phenoxy) is 1. The summed E-state index contributed by atoms with van der Waals surface area (Å²) in [4.78, 5) is 24.6. The van der Waals surface area contributed by atoms with Crippen molar-refractivity contribution in [1.82, 2.24) is 4.90 Å². The van der Waals surface area contributed by atoms with Crippen LogP contribution in [0.2, 0.25) is 0 Å². The van der Waals surface area contributed by atoms with E-state index in [2.05, 4.69) is 19.2 Å². The van der Waals surface area contributed by atoms with E-state index in [1.54, 1.807) is 0 Å². The number of benzene rings is 1. The van der Waals surface area contributed by atoms with Crippen molar-refractivity contribution in [2.75, 3.05) is 25.0 Å². The van der Waals surface area contributed by atoms with Crippen LogP contribution < -0.4 is 5.32 Å². The summed E-state index contributed by atoms with van der Waals surface area (Å²) in [6.07, 6.45) is -0.952. The number of urea groups is 1. The number of aliphatic carboxylic acids is 1. The van der Waals surface area contributed by atoms with Gasteiger partial charge in [0.05, 0.1) is 13.2 Å². The quantitative estimate of drug-likeness (QED) is 0.894. The monoisotopic (exact) mass is 292 g/mol. The number of rotatable bonds is 3. The first-order chi connectivity index (χ1) is 9.97. The summed E-state index contributed by atoms with van der Waals surface area (Å²) in [6, 6.07) is 7.35. The van der Waals surface area contributed by atoms with Crippen molar-refractivity contribution >= 4 is 17.7 Å². The third-order valence-corrected chi connectivity index (χ3v) is 3.43. The molecule has 1 aromatic rings. The third kappa shape index (κ3) is 3.95. The maximum absolute atomic E-state index is 12.2. The van der Waals surface area contributed by atoms with E-state index in [4.69, 9.17) is 9.84 Å². The van der Waals surface area contributed by atoms with E-state index in [0.29, 0.717) is 18.2 Å². The van der Waals surface area contributed by atoms with Gasteiger partial charge in [0.2, 0.25) is 0 Å². The van der Waals surface area contributed by atoms with E-state index in [-0.39, 0.29) is 19.2 Å². The highest BCUT2D eigenvalue weighted by molar-refractivity contribution is 5.90. The molecule has 114 valence electrons. The minimum atomic E-state index is -1.05. The highest BCUT2D eigenvalue weighted by Crippen LogP contribution is 2.19. The molecule has 1 saturated heterocycles. The molecule has 0 aliphatic carbocycles. The summed E-state index contributed by atoms with van der Waals surface area (Å²) in [7, 11) is 0. The van der Waals surface area contributed by atoms with Crippen molar-refractivity contribution in [1.29, 1.82) is 0 Å². The SMILES string of the molecule is CC(C)c1cccc(NC(=O)N2CCOC(C(=O)O)C2)c1. The molecular weight excluding hydrogens is 272 g/mol. The number of amides is 2. The number of nitrogens with zero attached hydrogens (tertiary/aromatic N) is 1. The summed E-state index contributed by atoms with van der Waals surface area (Å²) >= 11 is 0. The maximum Gasteiger partial charge on any atom is 0.334 e. The summed E-state index contributed by atoms with van der Waals surface area (Å²) in [5.74, 6) is -0.670. The van der Waals surface area contributed by atoms with Crippen molar-refractivity contribution in [3.05, 3.63) is 29.8 Å². The molecule has 1 unspecified atom stereocenters. The zero-order valence-electron chi connectivity index (χ0n) is 12.2. The molecule has 2 amide bonds. The highest BCUT2D eigenvalue weighted by atomic mass is 16.5. The second-order valence-electron chi connectivity index (χ2n) is 5.35. The van der Waals surface area contributed by atoms with Crippen molar-refractivity contribution in [3.8, 4) is 0 Å². The Morgan fingerprint density at radius 1 is 1.43 bits per heavy atom.